The zero-order valence-electron chi connectivity index (χ0n) is 11.5. The van der Waals surface area contributed by atoms with E-state index in [1.165, 1.54) is 5.56 Å². The summed E-state index contributed by atoms with van der Waals surface area (Å²) in [5.74, 6) is 0.787. The van der Waals surface area contributed by atoms with E-state index in [2.05, 4.69) is 34.1 Å². The fourth-order valence-corrected chi connectivity index (χ4v) is 3.20. The van der Waals surface area contributed by atoms with E-state index in [1.54, 1.807) is 11.3 Å². The van der Waals surface area contributed by atoms with Gasteiger partial charge in [-0.1, -0.05) is 30.4 Å². The monoisotopic (exact) mass is 313 g/mol. The van der Waals surface area contributed by atoms with E-state index in [-0.39, 0.29) is 6.04 Å². The highest BCUT2D eigenvalue weighted by Crippen LogP contribution is 2.24. The normalized spacial score (nSPS) is 12.2. The number of thiocarbonyl (C=S) groups is 1. The van der Waals surface area contributed by atoms with Crippen LogP contribution in [0.15, 0.2) is 47.2 Å². The van der Waals surface area contributed by atoms with Gasteiger partial charge in [0.15, 0.2) is 0 Å². The Labute approximate surface area is 132 Å². The zero-order chi connectivity index (χ0) is 14.8. The van der Waals surface area contributed by atoms with Crippen molar-refractivity contribution in [2.24, 2.45) is 5.73 Å². The molecule has 0 amide bonds. The lowest BCUT2D eigenvalue weighted by Crippen LogP contribution is -2.13. The van der Waals surface area contributed by atoms with Gasteiger partial charge in [0.25, 0.3) is 0 Å². The minimum Gasteiger partial charge on any atom is -0.389 e. The number of nitrogens with one attached hydrogen (secondary N) is 1. The molecular formula is C16H15N3S2. The number of benzene rings is 1. The molecular weight excluding hydrogens is 298 g/mol. The van der Waals surface area contributed by atoms with E-state index in [4.69, 9.17) is 18.0 Å². The summed E-state index contributed by atoms with van der Waals surface area (Å²) in [6.07, 6.45) is 0. The molecule has 3 aromatic rings. The van der Waals surface area contributed by atoms with E-state index >= 15 is 0 Å². The molecule has 21 heavy (non-hydrogen) atoms. The van der Waals surface area contributed by atoms with E-state index in [1.807, 2.05) is 30.3 Å². The Balaban J connectivity index is 2.01. The molecule has 5 heteroatoms. The second kappa shape index (κ2) is 5.79. The van der Waals surface area contributed by atoms with Gasteiger partial charge >= 0.3 is 0 Å². The predicted molar refractivity (Wildman–Crippen MR) is 94.0 cm³/mol. The molecule has 1 aromatic carbocycles. The van der Waals surface area contributed by atoms with Crippen molar-refractivity contribution in [2.75, 3.05) is 5.32 Å². The van der Waals surface area contributed by atoms with Gasteiger partial charge in [-0.15, -0.1) is 0 Å². The molecule has 0 saturated carbocycles. The van der Waals surface area contributed by atoms with Crippen LogP contribution in [0.2, 0.25) is 0 Å². The Morgan fingerprint density at radius 3 is 2.86 bits per heavy atom. The second-order valence-corrected chi connectivity index (χ2v) is 6.08. The Morgan fingerprint density at radius 1 is 1.33 bits per heavy atom. The second-order valence-electron chi connectivity index (χ2n) is 4.86. The fraction of sp³-hybridized carbons (Fsp3) is 0.125. The number of thiophene rings is 1. The lowest BCUT2D eigenvalue weighted by Gasteiger charge is -2.15. The molecule has 2 aromatic heterocycles. The number of para-hydroxylation sites is 1. The third-order valence-electron chi connectivity index (χ3n) is 3.39. The van der Waals surface area contributed by atoms with E-state index in [0.717, 1.165) is 22.3 Å². The first-order valence-electron chi connectivity index (χ1n) is 6.63. The molecule has 3 N–H and O–H groups in total. The number of aromatic nitrogens is 1. The molecule has 0 aliphatic heterocycles. The van der Waals surface area contributed by atoms with Crippen LogP contribution in [0.4, 0.5) is 5.82 Å². The number of fused-ring (bicyclic) bond motifs is 1. The van der Waals surface area contributed by atoms with Gasteiger partial charge in [-0.2, -0.15) is 11.3 Å². The minimum absolute atomic E-state index is 0.184. The first-order valence-corrected chi connectivity index (χ1v) is 7.98. The molecule has 0 radical (unpaired) electrons. The molecule has 1 atom stereocenters. The number of pyridine rings is 1. The van der Waals surface area contributed by atoms with Gasteiger partial charge in [0.05, 0.1) is 11.6 Å². The molecule has 0 spiro atoms. The topological polar surface area (TPSA) is 50.9 Å². The molecule has 3 nitrogen and oxygen atoms in total. The maximum Gasteiger partial charge on any atom is 0.127 e. The molecule has 0 fully saturated rings. The van der Waals surface area contributed by atoms with Gasteiger partial charge in [-0.3, -0.25) is 0 Å². The molecule has 0 saturated heterocycles. The van der Waals surface area contributed by atoms with E-state index in [0.29, 0.717) is 4.99 Å². The van der Waals surface area contributed by atoms with Crippen molar-refractivity contribution in [3.63, 3.8) is 0 Å². The predicted octanol–water partition coefficient (Wildman–Crippen LogP) is 4.10. The van der Waals surface area contributed by atoms with Gasteiger partial charge in [-0.05, 0) is 41.4 Å². The zero-order valence-corrected chi connectivity index (χ0v) is 13.2. The molecule has 106 valence electrons. The standard InChI is InChI=1S/C16H15N3S2/c1-10(11-6-7-21-9-11)18-15-8-13(16(17)20)12-4-2-3-5-14(12)19-15/h2-10H,1H3,(H2,17,20)(H,18,19). The van der Waals surface area contributed by atoms with Crippen molar-refractivity contribution in [3.8, 4) is 0 Å². The Kier molecular flexibility index (Phi) is 3.86. The van der Waals surface area contributed by atoms with Crippen LogP contribution in [0.3, 0.4) is 0 Å². The maximum absolute atomic E-state index is 5.85. The number of hydrogen-bond acceptors (Lipinski definition) is 4. The van der Waals surface area contributed by atoms with Crippen molar-refractivity contribution in [1.29, 1.82) is 0 Å². The van der Waals surface area contributed by atoms with Gasteiger partial charge < -0.3 is 11.1 Å². The van der Waals surface area contributed by atoms with Gasteiger partial charge in [-0.25, -0.2) is 4.98 Å². The fourth-order valence-electron chi connectivity index (χ4n) is 2.28. The molecule has 1 unspecified atom stereocenters. The van der Waals surface area contributed by atoms with Crippen molar-refractivity contribution < 1.29 is 0 Å². The van der Waals surface area contributed by atoms with Crippen LogP contribution in [0.1, 0.15) is 24.1 Å². The SMILES string of the molecule is CC(Nc1cc(C(N)=S)c2ccccc2n1)c1ccsc1. The quantitative estimate of drug-likeness (QED) is 0.712. The van der Waals surface area contributed by atoms with Crippen molar-refractivity contribution in [3.05, 3.63) is 58.3 Å². The molecule has 0 aliphatic rings. The Morgan fingerprint density at radius 2 is 2.14 bits per heavy atom. The van der Waals surface area contributed by atoms with Gasteiger partial charge in [0, 0.05) is 10.9 Å². The molecule has 0 bridgehead atoms. The Bertz CT molecular complexity index is 781. The number of nitrogens with two attached hydrogens (primary N) is 1. The van der Waals surface area contributed by atoms with Crippen LogP contribution in [-0.2, 0) is 0 Å². The lowest BCUT2D eigenvalue weighted by molar-refractivity contribution is 0.882. The third-order valence-corrected chi connectivity index (χ3v) is 4.31. The summed E-state index contributed by atoms with van der Waals surface area (Å²) in [5, 5.41) is 8.60. The molecule has 3 rings (SSSR count). The third kappa shape index (κ3) is 2.89. The van der Waals surface area contributed by atoms with Crippen molar-refractivity contribution in [1.82, 2.24) is 4.98 Å². The highest BCUT2D eigenvalue weighted by atomic mass is 32.1. The van der Waals surface area contributed by atoms with Crippen molar-refractivity contribution in [2.45, 2.75) is 13.0 Å². The van der Waals surface area contributed by atoms with Crippen LogP contribution in [0.5, 0.6) is 0 Å². The Hall–Kier alpha value is -1.98. The number of hydrogen-bond donors (Lipinski definition) is 2. The van der Waals surface area contributed by atoms with Gasteiger partial charge in [0.2, 0.25) is 0 Å². The first kappa shape index (κ1) is 14.0. The summed E-state index contributed by atoms with van der Waals surface area (Å²) in [7, 11) is 0. The van der Waals surface area contributed by atoms with Crippen LogP contribution in [0, 0.1) is 0 Å². The number of nitrogens with zero attached hydrogens (tertiary/aromatic N) is 1. The van der Waals surface area contributed by atoms with E-state index < -0.39 is 0 Å². The maximum atomic E-state index is 5.85. The summed E-state index contributed by atoms with van der Waals surface area (Å²) < 4.78 is 0. The average Bonchev–Trinajstić information content (AvgIpc) is 3.00. The van der Waals surface area contributed by atoms with Crippen LogP contribution >= 0.6 is 23.6 Å². The van der Waals surface area contributed by atoms with Crippen LogP contribution < -0.4 is 11.1 Å². The first-order chi connectivity index (χ1) is 10.1. The van der Waals surface area contributed by atoms with Crippen LogP contribution in [0.25, 0.3) is 10.9 Å². The smallest absolute Gasteiger partial charge is 0.127 e. The molecule has 0 aliphatic carbocycles. The average molecular weight is 313 g/mol. The summed E-state index contributed by atoms with van der Waals surface area (Å²) in [6.45, 7) is 2.11. The largest absolute Gasteiger partial charge is 0.389 e. The van der Waals surface area contributed by atoms with Gasteiger partial charge in [0.1, 0.15) is 10.8 Å². The highest BCUT2D eigenvalue weighted by molar-refractivity contribution is 7.80. The summed E-state index contributed by atoms with van der Waals surface area (Å²) in [5.41, 5.74) is 8.84. The summed E-state index contributed by atoms with van der Waals surface area (Å²) in [6, 6.07) is 12.1. The van der Waals surface area contributed by atoms with Crippen molar-refractivity contribution >= 4 is 45.3 Å². The molecule has 2 heterocycles. The van der Waals surface area contributed by atoms with Crippen LogP contribution in [-0.4, -0.2) is 9.97 Å². The summed E-state index contributed by atoms with van der Waals surface area (Å²) in [4.78, 5) is 5.03. The number of anilines is 1. The lowest BCUT2D eigenvalue weighted by atomic mass is 10.1. The minimum atomic E-state index is 0.184. The summed E-state index contributed by atoms with van der Waals surface area (Å²) >= 11 is 6.85. The van der Waals surface area contributed by atoms with E-state index in [9.17, 15) is 0 Å². The number of rotatable bonds is 4. The highest BCUT2D eigenvalue weighted by Gasteiger charge is 2.11.